The largest absolute Gasteiger partial charge is 0.508 e. The van der Waals surface area contributed by atoms with Gasteiger partial charge in [0.2, 0.25) is 0 Å². The van der Waals surface area contributed by atoms with Gasteiger partial charge in [-0.3, -0.25) is 14.9 Å². The fraction of sp³-hybridized carbons (Fsp3) is 0.576. The number of hydrogen-bond acceptors (Lipinski definition) is 12. The minimum atomic E-state index is -0.758. The first-order valence-electron chi connectivity index (χ1n) is 16.5. The molecule has 250 valence electrons. The number of allylic oxidation sites excluding steroid dienone is 2. The maximum atomic E-state index is 17.2. The number of carbonyl (C=O) groups excluding carboxylic acids is 1. The Morgan fingerprint density at radius 2 is 2.09 bits per heavy atom. The molecule has 14 heteroatoms. The lowest BCUT2D eigenvalue weighted by Gasteiger charge is -2.31. The Labute approximate surface area is 277 Å². The van der Waals surface area contributed by atoms with E-state index in [1.807, 2.05) is 11.0 Å². The van der Waals surface area contributed by atoms with Gasteiger partial charge in [0.1, 0.15) is 30.1 Å². The van der Waals surface area contributed by atoms with Crippen LogP contribution in [0.2, 0.25) is 5.02 Å². The molecule has 0 amide bonds. The second kappa shape index (κ2) is 12.6. The normalized spacial score (nSPS) is 30.7. The molecule has 0 radical (unpaired) electrons. The van der Waals surface area contributed by atoms with Crippen LogP contribution in [0.25, 0.3) is 5.70 Å². The number of hydrazine groups is 1. The van der Waals surface area contributed by atoms with Gasteiger partial charge in [-0.15, -0.1) is 0 Å². The Bertz CT molecular complexity index is 1600. The van der Waals surface area contributed by atoms with Crippen LogP contribution >= 0.6 is 11.6 Å². The molecule has 7 heterocycles. The third-order valence-corrected chi connectivity index (χ3v) is 10.8. The van der Waals surface area contributed by atoms with Crippen LogP contribution in [0.3, 0.4) is 0 Å². The van der Waals surface area contributed by atoms with Crippen LogP contribution in [-0.4, -0.2) is 106 Å². The van der Waals surface area contributed by atoms with E-state index in [0.29, 0.717) is 48.3 Å². The number of nitrogens with zero attached hydrogens (tertiary/aromatic N) is 5. The number of aliphatic imine (C=N–C) groups is 3. The summed E-state index contributed by atoms with van der Waals surface area (Å²) < 4.78 is 40.4. The van der Waals surface area contributed by atoms with Crippen molar-refractivity contribution in [3.05, 3.63) is 45.0 Å². The van der Waals surface area contributed by atoms with E-state index in [4.69, 9.17) is 40.5 Å². The van der Waals surface area contributed by atoms with E-state index in [1.54, 1.807) is 6.21 Å². The average molecular weight is 668 g/mol. The van der Waals surface area contributed by atoms with Crippen LogP contribution in [0.15, 0.2) is 38.3 Å². The molecule has 47 heavy (non-hydrogen) atoms. The number of rotatable bonds is 5. The van der Waals surface area contributed by atoms with Crippen LogP contribution < -0.4 is 10.9 Å². The van der Waals surface area contributed by atoms with Gasteiger partial charge in [-0.2, -0.15) is 0 Å². The zero-order valence-corrected chi connectivity index (χ0v) is 27.0. The zero-order chi connectivity index (χ0) is 32.1. The number of fused-ring (bicyclic) bond motifs is 6. The van der Waals surface area contributed by atoms with E-state index < -0.39 is 18.1 Å². The van der Waals surface area contributed by atoms with E-state index in [0.717, 1.165) is 62.0 Å². The van der Waals surface area contributed by atoms with Gasteiger partial charge < -0.3 is 29.3 Å². The fourth-order valence-electron chi connectivity index (χ4n) is 8.17. The van der Waals surface area contributed by atoms with Crippen LogP contribution in [-0.2, 0) is 25.5 Å². The standard InChI is InChI=1S/C33H39ClFN7O5/c1-36-31-23-12-37-30(28(35)29(23)38-18-45-17-33-4-2-6-42(33)7-3-5-33)27-22-13-39-40-25(22)11-24(34)26(27)21-10-19(21)15-46-32(43)47-20-14-41(31)8-9-44-16-20/h11-12,19-21,39-40H,1-10,13-18H2/b31-23+,38-29+. The van der Waals surface area contributed by atoms with Crippen molar-refractivity contribution in [3.8, 4) is 0 Å². The van der Waals surface area contributed by atoms with Gasteiger partial charge in [-0.05, 0) is 69.5 Å². The van der Waals surface area contributed by atoms with Crippen molar-refractivity contribution in [1.29, 1.82) is 0 Å². The summed E-state index contributed by atoms with van der Waals surface area (Å²) in [6, 6.07) is 1.85. The number of hydrogen-bond donors (Lipinski definition) is 2. The molecule has 8 aliphatic rings. The molecule has 3 unspecified atom stereocenters. The van der Waals surface area contributed by atoms with Crippen molar-refractivity contribution < 1.29 is 28.1 Å². The summed E-state index contributed by atoms with van der Waals surface area (Å²) in [4.78, 5) is 31.0. The first kappa shape index (κ1) is 30.9. The summed E-state index contributed by atoms with van der Waals surface area (Å²) >= 11 is 6.93. The van der Waals surface area contributed by atoms with Gasteiger partial charge in [-0.1, -0.05) is 11.6 Å². The molecule has 4 bridgehead atoms. The third kappa shape index (κ3) is 5.65. The highest BCUT2D eigenvalue weighted by molar-refractivity contribution is 6.33. The van der Waals surface area contributed by atoms with Gasteiger partial charge in [0.05, 0.1) is 44.2 Å². The summed E-state index contributed by atoms with van der Waals surface area (Å²) in [5.74, 6) is -0.271. The maximum absolute atomic E-state index is 17.2. The highest BCUT2D eigenvalue weighted by Crippen LogP contribution is 2.54. The molecule has 0 aromatic heterocycles. The number of benzene rings is 1. The molecule has 4 fully saturated rings. The lowest BCUT2D eigenvalue weighted by Crippen LogP contribution is -2.42. The van der Waals surface area contributed by atoms with E-state index in [-0.39, 0.29) is 55.3 Å². The predicted octanol–water partition coefficient (Wildman–Crippen LogP) is 4.42. The minimum absolute atomic E-state index is 0.00358. The molecular weight excluding hydrogens is 629 g/mol. The van der Waals surface area contributed by atoms with E-state index in [1.165, 1.54) is 0 Å². The predicted molar refractivity (Wildman–Crippen MR) is 175 cm³/mol. The first-order valence-corrected chi connectivity index (χ1v) is 16.9. The van der Waals surface area contributed by atoms with Crippen molar-refractivity contribution in [1.82, 2.24) is 15.2 Å². The topological polar surface area (TPSA) is 122 Å². The number of halogens is 2. The van der Waals surface area contributed by atoms with Gasteiger partial charge in [0, 0.05) is 46.9 Å². The molecule has 2 N–H and O–H groups in total. The summed E-state index contributed by atoms with van der Waals surface area (Å²) in [6.45, 7) is 8.33. The Kier molecular flexibility index (Phi) is 8.29. The monoisotopic (exact) mass is 667 g/mol. The van der Waals surface area contributed by atoms with Gasteiger partial charge in [0.25, 0.3) is 0 Å². The van der Waals surface area contributed by atoms with Crippen LogP contribution in [0.4, 0.5) is 14.9 Å². The molecule has 1 aromatic rings. The van der Waals surface area contributed by atoms with Crippen LogP contribution in [0.5, 0.6) is 0 Å². The van der Waals surface area contributed by atoms with Crippen LogP contribution in [0.1, 0.15) is 54.7 Å². The highest BCUT2D eigenvalue weighted by atomic mass is 35.5. The fourth-order valence-corrected chi connectivity index (χ4v) is 8.51. The second-order valence-electron chi connectivity index (χ2n) is 13.3. The molecule has 7 aliphatic heterocycles. The molecule has 3 atom stereocenters. The first-order chi connectivity index (χ1) is 23.0. The second-order valence-corrected chi connectivity index (χ2v) is 13.7. The molecular formula is C33H39ClFN7O5. The Balaban J connectivity index is 1.24. The summed E-state index contributed by atoms with van der Waals surface area (Å²) in [7, 11) is 0. The van der Waals surface area contributed by atoms with Crippen molar-refractivity contribution in [2.45, 2.75) is 56.2 Å². The quantitative estimate of drug-likeness (QED) is 0.267. The van der Waals surface area contributed by atoms with E-state index in [9.17, 15) is 4.79 Å². The lowest BCUT2D eigenvalue weighted by molar-refractivity contribution is -0.00949. The molecule has 9 rings (SSSR count). The van der Waals surface area contributed by atoms with Gasteiger partial charge >= 0.3 is 6.16 Å². The average Bonchev–Trinajstić information content (AvgIpc) is 3.31. The number of ether oxygens (including phenoxy) is 4. The van der Waals surface area contributed by atoms with E-state index in [2.05, 4.69) is 27.5 Å². The Morgan fingerprint density at radius 1 is 1.23 bits per heavy atom. The molecule has 1 saturated carbocycles. The van der Waals surface area contributed by atoms with Crippen molar-refractivity contribution >= 4 is 47.8 Å². The zero-order valence-electron chi connectivity index (χ0n) is 26.2. The molecule has 0 spiro atoms. The minimum Gasteiger partial charge on any atom is -0.434 e. The smallest absolute Gasteiger partial charge is 0.434 e. The number of anilines is 1. The van der Waals surface area contributed by atoms with Gasteiger partial charge in [-0.25, -0.2) is 19.6 Å². The van der Waals surface area contributed by atoms with Gasteiger partial charge in [0.15, 0.2) is 5.83 Å². The van der Waals surface area contributed by atoms with E-state index >= 15 is 4.39 Å². The van der Waals surface area contributed by atoms with Crippen molar-refractivity contribution in [3.63, 3.8) is 0 Å². The highest BCUT2D eigenvalue weighted by Gasteiger charge is 2.46. The summed E-state index contributed by atoms with van der Waals surface area (Å²) in [5.41, 5.74) is 9.96. The Morgan fingerprint density at radius 3 is 2.91 bits per heavy atom. The molecule has 12 nitrogen and oxygen atoms in total. The Hall–Kier alpha value is -3.36. The lowest BCUT2D eigenvalue weighted by atomic mass is 9.91. The summed E-state index contributed by atoms with van der Waals surface area (Å²) in [5, 5.41) is 0.490. The van der Waals surface area contributed by atoms with Crippen molar-refractivity contribution in [2.75, 3.05) is 64.8 Å². The number of nitrogens with one attached hydrogen (secondary N) is 2. The number of carbonyl (C=O) groups is 1. The third-order valence-electron chi connectivity index (χ3n) is 10.5. The molecule has 1 aromatic carbocycles. The summed E-state index contributed by atoms with van der Waals surface area (Å²) in [6.07, 6.45) is 5.47. The van der Waals surface area contributed by atoms with Crippen LogP contribution in [0, 0.1) is 5.92 Å². The molecule has 1 aliphatic carbocycles. The molecule has 3 saturated heterocycles. The maximum Gasteiger partial charge on any atom is 0.508 e. The van der Waals surface area contributed by atoms with Crippen molar-refractivity contribution in [2.24, 2.45) is 20.9 Å². The SMILES string of the molecule is C=N/C1=C2/C=NC(=C(F)/C2=N/COCC23CCCN2CCC3)c2c3c(cc(Cl)c2C2CC2COC(=O)OC2COCCN1C2)NNC3.